The van der Waals surface area contributed by atoms with Gasteiger partial charge in [-0.2, -0.15) is 0 Å². The number of piperazine rings is 1. The van der Waals surface area contributed by atoms with E-state index in [1.54, 1.807) is 12.4 Å². The van der Waals surface area contributed by atoms with E-state index in [1.165, 1.54) is 32.1 Å². The molecule has 1 saturated carbocycles. The first kappa shape index (κ1) is 15.5. The summed E-state index contributed by atoms with van der Waals surface area (Å²) in [5, 5.41) is 4.87. The normalized spacial score (nSPS) is 23.1. The van der Waals surface area contributed by atoms with Crippen LogP contribution in [-0.2, 0) is 0 Å². The summed E-state index contributed by atoms with van der Waals surface area (Å²) >= 11 is 12.9. The summed E-state index contributed by atoms with van der Waals surface area (Å²) in [7, 11) is 0. The maximum absolute atomic E-state index is 6.47. The number of rotatable bonds is 3. The number of nitrogens with zero attached hydrogens (tertiary/aromatic N) is 2. The topological polar surface area (TPSA) is 28.2 Å². The van der Waals surface area contributed by atoms with Crippen molar-refractivity contribution in [3.05, 3.63) is 28.0 Å². The second-order valence-corrected chi connectivity index (χ2v) is 6.96. The van der Waals surface area contributed by atoms with E-state index in [2.05, 4.69) is 15.2 Å². The fourth-order valence-corrected chi connectivity index (χ4v) is 4.42. The van der Waals surface area contributed by atoms with Gasteiger partial charge in [-0.15, -0.1) is 0 Å². The van der Waals surface area contributed by atoms with Gasteiger partial charge in [-0.25, -0.2) is 0 Å². The molecular weight excluding hydrogens is 305 g/mol. The van der Waals surface area contributed by atoms with Crippen LogP contribution in [-0.4, -0.2) is 36.1 Å². The van der Waals surface area contributed by atoms with Crippen molar-refractivity contribution in [2.45, 2.75) is 38.1 Å². The van der Waals surface area contributed by atoms with Gasteiger partial charge in [-0.05, 0) is 18.8 Å². The quantitative estimate of drug-likeness (QED) is 0.912. The molecular formula is C16H23Cl2N3. The van der Waals surface area contributed by atoms with E-state index in [4.69, 9.17) is 23.2 Å². The predicted octanol–water partition coefficient (Wildman–Crippen LogP) is 3.92. The Morgan fingerprint density at radius 2 is 1.67 bits per heavy atom. The molecule has 0 aromatic carbocycles. The Hall–Kier alpha value is -0.350. The van der Waals surface area contributed by atoms with Gasteiger partial charge < -0.3 is 5.32 Å². The maximum atomic E-state index is 6.47. The lowest BCUT2D eigenvalue weighted by atomic mass is 9.80. The minimum Gasteiger partial charge on any atom is -0.314 e. The van der Waals surface area contributed by atoms with Crippen LogP contribution < -0.4 is 5.32 Å². The molecule has 1 aliphatic heterocycles. The standard InChI is InChI=1S/C16H23Cl2N3/c17-13-10-20-11-14(18)15(13)16(12-4-2-1-3-5-12)21-8-6-19-7-9-21/h10-12,16,19H,1-9H2/t16-/m0/s1. The summed E-state index contributed by atoms with van der Waals surface area (Å²) < 4.78 is 0. The number of aromatic nitrogens is 1. The summed E-state index contributed by atoms with van der Waals surface area (Å²) in [6, 6.07) is 0.343. The first-order valence-electron chi connectivity index (χ1n) is 8.01. The molecule has 0 bridgehead atoms. The van der Waals surface area contributed by atoms with Gasteiger partial charge in [0.1, 0.15) is 0 Å². The first-order valence-corrected chi connectivity index (χ1v) is 8.76. The molecule has 5 heteroatoms. The maximum Gasteiger partial charge on any atom is 0.0652 e. The minimum absolute atomic E-state index is 0.343. The zero-order valence-corrected chi connectivity index (χ0v) is 13.8. The van der Waals surface area contributed by atoms with E-state index in [9.17, 15) is 0 Å². The number of halogens is 2. The lowest BCUT2D eigenvalue weighted by Crippen LogP contribution is -2.47. The average molecular weight is 328 g/mol. The SMILES string of the molecule is Clc1cncc(Cl)c1[C@H](C1CCCCC1)N1CCNCC1. The van der Waals surface area contributed by atoms with Crippen molar-refractivity contribution in [3.63, 3.8) is 0 Å². The molecule has 0 amide bonds. The Balaban J connectivity index is 1.94. The van der Waals surface area contributed by atoms with Crippen LogP contribution in [0.4, 0.5) is 0 Å². The van der Waals surface area contributed by atoms with Crippen LogP contribution in [0.25, 0.3) is 0 Å². The van der Waals surface area contributed by atoms with Crippen LogP contribution in [0.5, 0.6) is 0 Å². The van der Waals surface area contributed by atoms with Gasteiger partial charge in [-0.1, -0.05) is 42.5 Å². The lowest BCUT2D eigenvalue weighted by molar-refractivity contribution is 0.103. The van der Waals surface area contributed by atoms with Crippen molar-refractivity contribution < 1.29 is 0 Å². The van der Waals surface area contributed by atoms with E-state index in [1.807, 2.05) is 0 Å². The average Bonchev–Trinajstić information content (AvgIpc) is 2.53. The fourth-order valence-electron chi connectivity index (χ4n) is 3.83. The van der Waals surface area contributed by atoms with Crippen molar-refractivity contribution >= 4 is 23.2 Å². The fraction of sp³-hybridized carbons (Fsp3) is 0.688. The highest BCUT2D eigenvalue weighted by molar-refractivity contribution is 6.35. The van der Waals surface area contributed by atoms with Crippen LogP contribution in [0.1, 0.15) is 43.7 Å². The van der Waals surface area contributed by atoms with Gasteiger partial charge in [0.25, 0.3) is 0 Å². The van der Waals surface area contributed by atoms with Crippen molar-refractivity contribution in [1.82, 2.24) is 15.2 Å². The molecule has 0 spiro atoms. The summed E-state index contributed by atoms with van der Waals surface area (Å²) in [6.07, 6.45) is 10.1. The Labute approximate surface area is 137 Å². The second kappa shape index (κ2) is 7.28. The number of hydrogen-bond acceptors (Lipinski definition) is 3. The third-order valence-electron chi connectivity index (χ3n) is 4.83. The third kappa shape index (κ3) is 3.53. The summed E-state index contributed by atoms with van der Waals surface area (Å²) in [5.74, 6) is 0.661. The predicted molar refractivity (Wildman–Crippen MR) is 88.0 cm³/mol. The largest absolute Gasteiger partial charge is 0.314 e. The molecule has 1 atom stereocenters. The van der Waals surface area contributed by atoms with Crippen molar-refractivity contribution in [3.8, 4) is 0 Å². The van der Waals surface area contributed by atoms with E-state index in [0.717, 1.165) is 41.8 Å². The molecule has 1 aromatic heterocycles. The smallest absolute Gasteiger partial charge is 0.0652 e. The van der Waals surface area contributed by atoms with Crippen molar-refractivity contribution in [2.24, 2.45) is 5.92 Å². The molecule has 0 radical (unpaired) electrons. The van der Waals surface area contributed by atoms with Gasteiger partial charge in [0, 0.05) is 50.2 Å². The Kier molecular flexibility index (Phi) is 5.38. The minimum atomic E-state index is 0.343. The molecule has 1 saturated heterocycles. The molecule has 3 nitrogen and oxygen atoms in total. The van der Waals surface area contributed by atoms with Gasteiger partial charge in [-0.3, -0.25) is 9.88 Å². The molecule has 2 fully saturated rings. The van der Waals surface area contributed by atoms with Crippen LogP contribution in [0.15, 0.2) is 12.4 Å². The van der Waals surface area contributed by atoms with Crippen LogP contribution in [0.3, 0.4) is 0 Å². The molecule has 21 heavy (non-hydrogen) atoms. The van der Waals surface area contributed by atoms with Crippen LogP contribution >= 0.6 is 23.2 Å². The van der Waals surface area contributed by atoms with E-state index >= 15 is 0 Å². The van der Waals surface area contributed by atoms with Crippen LogP contribution in [0.2, 0.25) is 10.0 Å². The van der Waals surface area contributed by atoms with Gasteiger partial charge >= 0.3 is 0 Å². The molecule has 2 aliphatic rings. The second-order valence-electron chi connectivity index (χ2n) is 6.15. The van der Waals surface area contributed by atoms with Crippen LogP contribution in [0, 0.1) is 5.92 Å². The van der Waals surface area contributed by atoms with E-state index in [0.29, 0.717) is 12.0 Å². The zero-order valence-electron chi connectivity index (χ0n) is 12.3. The van der Waals surface area contributed by atoms with Gasteiger partial charge in [0.05, 0.1) is 10.0 Å². The molecule has 0 unspecified atom stereocenters. The number of pyridine rings is 1. The summed E-state index contributed by atoms with van der Waals surface area (Å²) in [5.41, 5.74) is 1.10. The van der Waals surface area contributed by atoms with E-state index in [-0.39, 0.29) is 0 Å². The lowest BCUT2D eigenvalue weighted by Gasteiger charge is -2.41. The Morgan fingerprint density at radius 3 is 2.29 bits per heavy atom. The zero-order chi connectivity index (χ0) is 14.7. The molecule has 1 N–H and O–H groups in total. The van der Waals surface area contributed by atoms with Crippen molar-refractivity contribution in [2.75, 3.05) is 26.2 Å². The monoisotopic (exact) mass is 327 g/mol. The molecule has 1 aromatic rings. The first-order chi connectivity index (χ1) is 10.3. The highest BCUT2D eigenvalue weighted by Crippen LogP contribution is 2.43. The number of hydrogen-bond donors (Lipinski definition) is 1. The Bertz CT molecular complexity index is 430. The Morgan fingerprint density at radius 1 is 1.05 bits per heavy atom. The highest BCUT2D eigenvalue weighted by Gasteiger charge is 2.33. The third-order valence-corrected chi connectivity index (χ3v) is 5.43. The van der Waals surface area contributed by atoms with E-state index < -0.39 is 0 Å². The molecule has 1 aliphatic carbocycles. The molecule has 116 valence electrons. The highest BCUT2D eigenvalue weighted by atomic mass is 35.5. The molecule has 2 heterocycles. The van der Waals surface area contributed by atoms with Gasteiger partial charge in [0.2, 0.25) is 0 Å². The van der Waals surface area contributed by atoms with Crippen molar-refractivity contribution in [1.29, 1.82) is 0 Å². The summed E-state index contributed by atoms with van der Waals surface area (Å²) in [4.78, 5) is 6.69. The number of nitrogens with one attached hydrogen (secondary N) is 1. The van der Waals surface area contributed by atoms with Gasteiger partial charge in [0.15, 0.2) is 0 Å². The molecule has 3 rings (SSSR count). The summed E-state index contributed by atoms with van der Waals surface area (Å²) in [6.45, 7) is 4.22.